The summed E-state index contributed by atoms with van der Waals surface area (Å²) < 4.78 is 0. The molecule has 2 aliphatic heterocycles. The van der Waals surface area contributed by atoms with Gasteiger partial charge in [0, 0.05) is 31.7 Å². The number of H-pyrrole nitrogens is 1. The number of nitrogens with zero attached hydrogens (tertiary/aromatic N) is 4. The van der Waals surface area contributed by atoms with Crippen LogP contribution in [0.2, 0.25) is 0 Å². The normalized spacial score (nSPS) is 24.6. The van der Waals surface area contributed by atoms with Crippen LogP contribution in [0.1, 0.15) is 6.42 Å². The second-order valence-electron chi connectivity index (χ2n) is 5.69. The van der Waals surface area contributed by atoms with Gasteiger partial charge in [0.05, 0.1) is 11.4 Å². The number of hydrogen-bond acceptors (Lipinski definition) is 4. The summed E-state index contributed by atoms with van der Waals surface area (Å²) in [7, 11) is 0. The van der Waals surface area contributed by atoms with Gasteiger partial charge >= 0.3 is 0 Å². The molecule has 0 aromatic carbocycles. The molecule has 0 radical (unpaired) electrons. The molecule has 0 aliphatic carbocycles. The lowest BCUT2D eigenvalue weighted by Gasteiger charge is -2.54. The predicted molar refractivity (Wildman–Crippen MR) is 79.9 cm³/mol. The zero-order valence-corrected chi connectivity index (χ0v) is 11.7. The molecule has 4 heterocycles. The lowest BCUT2D eigenvalue weighted by Crippen LogP contribution is -2.65. The van der Waals surface area contributed by atoms with E-state index in [1.807, 2.05) is 17.2 Å². The highest BCUT2D eigenvalue weighted by molar-refractivity contribution is 5.89. The summed E-state index contributed by atoms with van der Waals surface area (Å²) in [5.74, 6) is 1.65. The molecule has 0 bridgehead atoms. The van der Waals surface area contributed by atoms with Gasteiger partial charge in [0.2, 0.25) is 5.91 Å². The number of hydrogen-bond donors (Lipinski definition) is 1. The van der Waals surface area contributed by atoms with Crippen LogP contribution in [0.15, 0.2) is 31.2 Å². The minimum atomic E-state index is 0.0229. The van der Waals surface area contributed by atoms with E-state index < -0.39 is 0 Å². The van der Waals surface area contributed by atoms with E-state index >= 15 is 0 Å². The zero-order valence-electron chi connectivity index (χ0n) is 11.7. The van der Waals surface area contributed by atoms with Crippen LogP contribution in [0.3, 0.4) is 0 Å². The van der Waals surface area contributed by atoms with Crippen LogP contribution in [-0.2, 0) is 4.79 Å². The third-order valence-electron chi connectivity index (χ3n) is 4.64. The Kier molecular flexibility index (Phi) is 2.70. The maximum atomic E-state index is 11.8. The smallest absolute Gasteiger partial charge is 0.246 e. The largest absolute Gasteiger partial charge is 0.350 e. The minimum absolute atomic E-state index is 0.0229. The van der Waals surface area contributed by atoms with Crippen molar-refractivity contribution in [3.8, 4) is 0 Å². The van der Waals surface area contributed by atoms with Crippen molar-refractivity contribution < 1.29 is 4.79 Å². The van der Waals surface area contributed by atoms with Gasteiger partial charge in [-0.2, -0.15) is 0 Å². The quantitative estimate of drug-likeness (QED) is 0.841. The van der Waals surface area contributed by atoms with Crippen molar-refractivity contribution in [1.29, 1.82) is 0 Å². The average molecular weight is 283 g/mol. The Hall–Kier alpha value is -2.37. The topological polar surface area (TPSA) is 65.1 Å². The molecule has 0 unspecified atom stereocenters. The Labute approximate surface area is 122 Å². The molecule has 2 saturated heterocycles. The standard InChI is InChI=1S/C15H17N5O/c1-2-13(21)19-6-4-10-7-20(12(10)8-19)15-11-3-5-16-14(11)17-9-18-15/h2-3,5,9-10,12H,1,4,6-8H2,(H,16,17,18)/t10-,12-/m1/s1. The van der Waals surface area contributed by atoms with Crippen LogP contribution in [0.25, 0.3) is 11.0 Å². The first-order valence-corrected chi connectivity index (χ1v) is 7.24. The van der Waals surface area contributed by atoms with Crippen LogP contribution in [0.5, 0.6) is 0 Å². The van der Waals surface area contributed by atoms with Crippen molar-refractivity contribution in [3.05, 3.63) is 31.2 Å². The van der Waals surface area contributed by atoms with E-state index in [2.05, 4.69) is 26.4 Å². The first kappa shape index (κ1) is 12.4. The summed E-state index contributed by atoms with van der Waals surface area (Å²) in [4.78, 5) is 27.8. The van der Waals surface area contributed by atoms with Crippen molar-refractivity contribution in [3.63, 3.8) is 0 Å². The lowest BCUT2D eigenvalue weighted by molar-refractivity contribution is -0.128. The van der Waals surface area contributed by atoms with Gasteiger partial charge in [0.1, 0.15) is 17.8 Å². The molecular weight excluding hydrogens is 266 g/mol. The third-order valence-corrected chi connectivity index (χ3v) is 4.64. The average Bonchev–Trinajstić information content (AvgIpc) is 2.97. The first-order chi connectivity index (χ1) is 10.3. The van der Waals surface area contributed by atoms with Crippen molar-refractivity contribution in [2.75, 3.05) is 24.5 Å². The number of anilines is 1. The summed E-state index contributed by atoms with van der Waals surface area (Å²) in [5.41, 5.74) is 0.860. The fourth-order valence-electron chi connectivity index (χ4n) is 3.46. The number of aromatic nitrogens is 3. The Bertz CT molecular complexity index is 709. The van der Waals surface area contributed by atoms with E-state index in [1.165, 1.54) is 6.08 Å². The number of nitrogens with one attached hydrogen (secondary N) is 1. The molecule has 108 valence electrons. The Morgan fingerprint density at radius 3 is 3.19 bits per heavy atom. The van der Waals surface area contributed by atoms with Gasteiger partial charge in [0.25, 0.3) is 0 Å². The molecule has 2 fully saturated rings. The number of carbonyl (C=O) groups excluding carboxylic acids is 1. The first-order valence-electron chi connectivity index (χ1n) is 7.24. The maximum Gasteiger partial charge on any atom is 0.246 e. The highest BCUT2D eigenvalue weighted by atomic mass is 16.2. The van der Waals surface area contributed by atoms with Crippen molar-refractivity contribution >= 4 is 22.8 Å². The maximum absolute atomic E-state index is 11.8. The molecule has 2 aromatic rings. The van der Waals surface area contributed by atoms with Crippen molar-refractivity contribution in [1.82, 2.24) is 19.9 Å². The highest BCUT2D eigenvalue weighted by Crippen LogP contribution is 2.37. The fourth-order valence-corrected chi connectivity index (χ4v) is 3.46. The molecule has 0 spiro atoms. The van der Waals surface area contributed by atoms with Crippen LogP contribution in [0, 0.1) is 5.92 Å². The van der Waals surface area contributed by atoms with Gasteiger partial charge < -0.3 is 14.8 Å². The Morgan fingerprint density at radius 2 is 2.33 bits per heavy atom. The second-order valence-corrected chi connectivity index (χ2v) is 5.69. The third kappa shape index (κ3) is 1.82. The lowest BCUT2D eigenvalue weighted by atomic mass is 9.82. The molecule has 1 amide bonds. The van der Waals surface area contributed by atoms with Crippen LogP contribution >= 0.6 is 0 Å². The second kappa shape index (κ2) is 4.58. The number of fused-ring (bicyclic) bond motifs is 2. The summed E-state index contributed by atoms with van der Waals surface area (Å²) >= 11 is 0. The molecule has 6 heteroatoms. The molecule has 0 saturated carbocycles. The fraction of sp³-hybridized carbons (Fsp3) is 0.400. The van der Waals surface area contributed by atoms with Crippen LogP contribution < -0.4 is 4.90 Å². The van der Waals surface area contributed by atoms with Crippen LogP contribution in [0.4, 0.5) is 5.82 Å². The SMILES string of the molecule is C=CC(=O)N1CC[C@@H]2CN(c3ncnc4[nH]ccc34)[C@@H]2C1. The van der Waals surface area contributed by atoms with Gasteiger partial charge in [-0.25, -0.2) is 9.97 Å². The van der Waals surface area contributed by atoms with E-state index in [0.29, 0.717) is 12.0 Å². The molecule has 6 nitrogen and oxygen atoms in total. The molecule has 1 N–H and O–H groups in total. The van der Waals surface area contributed by atoms with E-state index in [1.54, 1.807) is 6.33 Å². The Balaban J connectivity index is 1.61. The van der Waals surface area contributed by atoms with Gasteiger partial charge in [0.15, 0.2) is 0 Å². The van der Waals surface area contributed by atoms with E-state index in [9.17, 15) is 4.79 Å². The minimum Gasteiger partial charge on any atom is -0.350 e. The van der Waals surface area contributed by atoms with E-state index in [4.69, 9.17) is 0 Å². The van der Waals surface area contributed by atoms with Crippen LogP contribution in [-0.4, -0.2) is 51.4 Å². The summed E-state index contributed by atoms with van der Waals surface area (Å²) in [6.07, 6.45) is 5.94. The molecule has 2 atom stereocenters. The van der Waals surface area contributed by atoms with E-state index in [0.717, 1.165) is 42.9 Å². The van der Waals surface area contributed by atoms with Gasteiger partial charge in [-0.05, 0) is 18.6 Å². The van der Waals surface area contributed by atoms with Gasteiger partial charge in [-0.1, -0.05) is 6.58 Å². The molecule has 21 heavy (non-hydrogen) atoms. The van der Waals surface area contributed by atoms with E-state index in [-0.39, 0.29) is 5.91 Å². The number of aromatic amines is 1. The number of amides is 1. The molecule has 2 aromatic heterocycles. The monoisotopic (exact) mass is 283 g/mol. The van der Waals surface area contributed by atoms with Gasteiger partial charge in [-0.3, -0.25) is 4.79 Å². The van der Waals surface area contributed by atoms with Crippen molar-refractivity contribution in [2.24, 2.45) is 5.92 Å². The molecule has 2 aliphatic rings. The predicted octanol–water partition coefficient (Wildman–Crippen LogP) is 1.18. The molecule has 4 rings (SSSR count). The number of rotatable bonds is 2. The number of carbonyl (C=O) groups is 1. The van der Waals surface area contributed by atoms with Crippen molar-refractivity contribution in [2.45, 2.75) is 12.5 Å². The van der Waals surface area contributed by atoms with Gasteiger partial charge in [-0.15, -0.1) is 0 Å². The number of piperidine rings is 1. The zero-order chi connectivity index (χ0) is 14.4. The molecular formula is C15H17N5O. The number of likely N-dealkylation sites (tertiary alicyclic amines) is 1. The summed E-state index contributed by atoms with van der Waals surface area (Å²) in [5, 5.41) is 1.04. The Morgan fingerprint density at radius 1 is 1.43 bits per heavy atom. The summed E-state index contributed by atoms with van der Waals surface area (Å²) in [6, 6.07) is 2.36. The highest BCUT2D eigenvalue weighted by Gasteiger charge is 2.44. The summed E-state index contributed by atoms with van der Waals surface area (Å²) in [6.45, 7) is 6.18.